The molecule has 106 valence electrons. The zero-order valence-electron chi connectivity index (χ0n) is 11.3. The summed E-state index contributed by atoms with van der Waals surface area (Å²) in [7, 11) is 0. The first-order chi connectivity index (χ1) is 9.16. The van der Waals surface area contributed by atoms with Gasteiger partial charge in [-0.3, -0.25) is 0 Å². The lowest BCUT2D eigenvalue weighted by Crippen LogP contribution is -2.21. The first-order valence-corrected chi connectivity index (χ1v) is 7.68. The lowest BCUT2D eigenvalue weighted by molar-refractivity contribution is 0.121. The molecule has 1 fully saturated rings. The van der Waals surface area contributed by atoms with Crippen molar-refractivity contribution in [1.82, 2.24) is 5.32 Å². The van der Waals surface area contributed by atoms with Crippen molar-refractivity contribution < 1.29 is 4.74 Å². The van der Waals surface area contributed by atoms with Gasteiger partial charge < -0.3 is 10.1 Å². The van der Waals surface area contributed by atoms with Crippen LogP contribution in [0.4, 0.5) is 0 Å². The Balaban J connectivity index is 1.65. The highest BCUT2D eigenvalue weighted by Gasteiger charge is 2.20. The first kappa shape index (κ1) is 15.1. The van der Waals surface area contributed by atoms with Gasteiger partial charge in [0.25, 0.3) is 0 Å². The molecule has 1 aromatic carbocycles. The van der Waals surface area contributed by atoms with Gasteiger partial charge in [-0.25, -0.2) is 0 Å². The zero-order chi connectivity index (χ0) is 13.7. The quantitative estimate of drug-likeness (QED) is 0.716. The molecule has 0 heterocycles. The van der Waals surface area contributed by atoms with Crippen LogP contribution in [0.3, 0.4) is 0 Å². The van der Waals surface area contributed by atoms with Gasteiger partial charge in [-0.15, -0.1) is 0 Å². The molecule has 0 saturated heterocycles. The molecular weight excluding hydrogens is 281 g/mol. The highest BCUT2D eigenvalue weighted by molar-refractivity contribution is 6.33. The molecule has 1 atom stereocenters. The van der Waals surface area contributed by atoms with Crippen LogP contribution in [0.5, 0.6) is 0 Å². The Morgan fingerprint density at radius 3 is 2.89 bits per heavy atom. The maximum Gasteiger partial charge on any atom is 0.0494 e. The molecule has 1 aromatic rings. The van der Waals surface area contributed by atoms with Crippen LogP contribution in [0, 0.1) is 5.92 Å². The molecule has 0 radical (unpaired) electrons. The Morgan fingerprint density at radius 2 is 2.16 bits per heavy atom. The Kier molecular flexibility index (Phi) is 5.96. The van der Waals surface area contributed by atoms with Gasteiger partial charge in [0.05, 0.1) is 0 Å². The van der Waals surface area contributed by atoms with Crippen LogP contribution in [-0.2, 0) is 4.74 Å². The number of benzene rings is 1. The summed E-state index contributed by atoms with van der Waals surface area (Å²) in [5.41, 5.74) is 1.05. The van der Waals surface area contributed by atoms with Gasteiger partial charge >= 0.3 is 0 Å². The maximum atomic E-state index is 6.17. The van der Waals surface area contributed by atoms with Gasteiger partial charge in [-0.2, -0.15) is 0 Å². The highest BCUT2D eigenvalue weighted by Crippen LogP contribution is 2.28. The van der Waals surface area contributed by atoms with Crippen LogP contribution in [-0.4, -0.2) is 19.8 Å². The summed E-state index contributed by atoms with van der Waals surface area (Å²) in [6.07, 6.45) is 3.72. The maximum absolute atomic E-state index is 6.17. The van der Waals surface area contributed by atoms with E-state index in [1.807, 2.05) is 18.2 Å². The topological polar surface area (TPSA) is 21.3 Å². The number of hydrogen-bond acceptors (Lipinski definition) is 2. The third-order valence-corrected chi connectivity index (χ3v) is 3.97. The van der Waals surface area contributed by atoms with Crippen LogP contribution in [0.25, 0.3) is 0 Å². The van der Waals surface area contributed by atoms with E-state index in [1.54, 1.807) is 0 Å². The second-order valence-electron chi connectivity index (χ2n) is 5.21. The molecule has 1 aliphatic carbocycles. The van der Waals surface area contributed by atoms with Crippen LogP contribution >= 0.6 is 23.2 Å². The van der Waals surface area contributed by atoms with E-state index in [4.69, 9.17) is 27.9 Å². The predicted molar refractivity (Wildman–Crippen MR) is 81.0 cm³/mol. The number of nitrogens with one attached hydrogen (secondary N) is 1. The molecule has 1 aliphatic rings. The normalized spacial score (nSPS) is 16.6. The molecule has 0 bridgehead atoms. The van der Waals surface area contributed by atoms with E-state index in [9.17, 15) is 0 Å². The van der Waals surface area contributed by atoms with Crippen molar-refractivity contribution in [1.29, 1.82) is 0 Å². The van der Waals surface area contributed by atoms with Crippen LogP contribution in [0.1, 0.15) is 37.8 Å². The van der Waals surface area contributed by atoms with E-state index >= 15 is 0 Å². The number of hydrogen-bond donors (Lipinski definition) is 1. The first-order valence-electron chi connectivity index (χ1n) is 6.93. The minimum Gasteiger partial charge on any atom is -0.381 e. The standard InChI is InChI=1S/C15H21Cl2NO/c1-11(14-9-13(16)5-6-15(14)17)18-7-2-8-19-10-12-3-4-12/h5-6,9,11-12,18H,2-4,7-8,10H2,1H3. The molecule has 1 saturated carbocycles. The van der Waals surface area contributed by atoms with Crippen molar-refractivity contribution in [3.8, 4) is 0 Å². The Labute approximate surface area is 125 Å². The van der Waals surface area contributed by atoms with E-state index in [0.29, 0.717) is 0 Å². The smallest absolute Gasteiger partial charge is 0.0494 e. The van der Waals surface area contributed by atoms with Gasteiger partial charge in [-0.1, -0.05) is 23.2 Å². The molecule has 0 aromatic heterocycles. The highest BCUT2D eigenvalue weighted by atomic mass is 35.5. The zero-order valence-corrected chi connectivity index (χ0v) is 12.8. The molecular formula is C15H21Cl2NO. The molecule has 0 spiro atoms. The van der Waals surface area contributed by atoms with Crippen LogP contribution in [0.15, 0.2) is 18.2 Å². The summed E-state index contributed by atoms with van der Waals surface area (Å²) in [6, 6.07) is 5.78. The summed E-state index contributed by atoms with van der Waals surface area (Å²) >= 11 is 12.2. The monoisotopic (exact) mass is 301 g/mol. The van der Waals surface area contributed by atoms with Crippen LogP contribution in [0.2, 0.25) is 10.0 Å². The summed E-state index contributed by atoms with van der Waals surface area (Å²) in [5.74, 6) is 0.845. The van der Waals surface area contributed by atoms with E-state index in [2.05, 4.69) is 12.2 Å². The third kappa shape index (κ3) is 5.31. The lowest BCUT2D eigenvalue weighted by atomic mass is 10.1. The van der Waals surface area contributed by atoms with Crippen molar-refractivity contribution in [2.75, 3.05) is 19.8 Å². The fourth-order valence-electron chi connectivity index (χ4n) is 1.98. The van der Waals surface area contributed by atoms with E-state index < -0.39 is 0 Å². The molecule has 1 unspecified atom stereocenters. The predicted octanol–water partition coefficient (Wildman–Crippen LogP) is 4.46. The average Bonchev–Trinajstić information content (AvgIpc) is 3.20. The Morgan fingerprint density at radius 1 is 1.37 bits per heavy atom. The molecule has 19 heavy (non-hydrogen) atoms. The largest absolute Gasteiger partial charge is 0.381 e. The second kappa shape index (κ2) is 7.49. The molecule has 0 aliphatic heterocycles. The Bertz CT molecular complexity index is 407. The van der Waals surface area contributed by atoms with Crippen molar-refractivity contribution in [3.63, 3.8) is 0 Å². The van der Waals surface area contributed by atoms with E-state index in [-0.39, 0.29) is 6.04 Å². The molecule has 2 rings (SSSR count). The number of rotatable bonds is 8. The SMILES string of the molecule is CC(NCCCOCC1CC1)c1cc(Cl)ccc1Cl. The average molecular weight is 302 g/mol. The second-order valence-corrected chi connectivity index (χ2v) is 6.06. The summed E-state index contributed by atoms with van der Waals surface area (Å²) < 4.78 is 5.60. The summed E-state index contributed by atoms with van der Waals surface area (Å²) in [5, 5.41) is 4.93. The van der Waals surface area contributed by atoms with Gasteiger partial charge in [0, 0.05) is 29.3 Å². The lowest BCUT2D eigenvalue weighted by Gasteiger charge is -2.16. The number of ether oxygens (including phenoxy) is 1. The number of halogens is 2. The fourth-order valence-corrected chi connectivity index (χ4v) is 2.45. The van der Waals surface area contributed by atoms with E-state index in [0.717, 1.165) is 47.7 Å². The van der Waals surface area contributed by atoms with Crippen molar-refractivity contribution >= 4 is 23.2 Å². The van der Waals surface area contributed by atoms with Crippen molar-refractivity contribution in [2.45, 2.75) is 32.2 Å². The fraction of sp³-hybridized carbons (Fsp3) is 0.600. The van der Waals surface area contributed by atoms with Crippen LogP contribution < -0.4 is 5.32 Å². The van der Waals surface area contributed by atoms with Crippen molar-refractivity contribution in [2.24, 2.45) is 5.92 Å². The molecule has 1 N–H and O–H groups in total. The van der Waals surface area contributed by atoms with Gasteiger partial charge in [0.2, 0.25) is 0 Å². The van der Waals surface area contributed by atoms with Crippen molar-refractivity contribution in [3.05, 3.63) is 33.8 Å². The minimum absolute atomic E-state index is 0.203. The van der Waals surface area contributed by atoms with Gasteiger partial charge in [0.1, 0.15) is 0 Å². The Hall–Kier alpha value is -0.280. The van der Waals surface area contributed by atoms with Gasteiger partial charge in [-0.05, 0) is 62.4 Å². The third-order valence-electron chi connectivity index (χ3n) is 3.39. The molecule has 2 nitrogen and oxygen atoms in total. The van der Waals surface area contributed by atoms with Gasteiger partial charge in [0.15, 0.2) is 0 Å². The minimum atomic E-state index is 0.203. The molecule has 4 heteroatoms. The summed E-state index contributed by atoms with van der Waals surface area (Å²) in [6.45, 7) is 4.80. The molecule has 0 amide bonds. The van der Waals surface area contributed by atoms with E-state index in [1.165, 1.54) is 12.8 Å². The summed E-state index contributed by atoms with van der Waals surface area (Å²) in [4.78, 5) is 0.